The number of thiophene rings is 1. The topological polar surface area (TPSA) is 58.1 Å². The second kappa shape index (κ2) is 14.6. The molecule has 2 aliphatic rings. The molecule has 6 nitrogen and oxygen atoms in total. The average molecular weight is 537 g/mol. The zero-order chi connectivity index (χ0) is 19.4. The maximum Gasteiger partial charge on any atom is 0.191 e. The molecule has 1 aliphatic heterocycles. The molecule has 2 fully saturated rings. The van der Waals surface area contributed by atoms with Crippen LogP contribution in [-0.4, -0.2) is 69.5 Å². The summed E-state index contributed by atoms with van der Waals surface area (Å²) >= 11 is 1.82. The standard InChI is InChI=1S/C21H36N4O2S.HI/c1-2-22-21(23-10-6-13-27-18-7-3-4-8-18)24-17-19(20-9-5-16-28-20)25-11-14-26-15-12-25;/h5,9,16,18-19H,2-4,6-8,10-15,17H2,1H3,(H2,22,23,24);1H. The summed E-state index contributed by atoms with van der Waals surface area (Å²) in [6, 6.07) is 4.68. The van der Waals surface area contributed by atoms with E-state index in [1.54, 1.807) is 0 Å². The second-order valence-electron chi connectivity index (χ2n) is 7.46. The van der Waals surface area contributed by atoms with Gasteiger partial charge in [-0.3, -0.25) is 9.89 Å². The first kappa shape index (κ1) is 24.8. The van der Waals surface area contributed by atoms with E-state index in [2.05, 4.69) is 40.0 Å². The number of nitrogens with one attached hydrogen (secondary N) is 2. The highest BCUT2D eigenvalue weighted by molar-refractivity contribution is 14.0. The Labute approximate surface area is 196 Å². The summed E-state index contributed by atoms with van der Waals surface area (Å²) in [6.45, 7) is 9.03. The van der Waals surface area contributed by atoms with Crippen LogP contribution in [0.15, 0.2) is 22.5 Å². The molecule has 2 heterocycles. The molecule has 29 heavy (non-hydrogen) atoms. The minimum Gasteiger partial charge on any atom is -0.379 e. The molecule has 1 aliphatic carbocycles. The quantitative estimate of drug-likeness (QED) is 0.207. The van der Waals surface area contributed by atoms with Gasteiger partial charge in [-0.1, -0.05) is 18.9 Å². The van der Waals surface area contributed by atoms with E-state index in [1.165, 1.54) is 30.6 Å². The maximum atomic E-state index is 5.95. The molecule has 0 aromatic carbocycles. The fraction of sp³-hybridized carbons (Fsp3) is 0.762. The SMILES string of the molecule is CCNC(=NCC(c1cccs1)N1CCOCC1)NCCCOC1CCCC1.I. The minimum atomic E-state index is 0. The molecule has 0 spiro atoms. The third kappa shape index (κ3) is 8.69. The Morgan fingerprint density at radius 1 is 1.31 bits per heavy atom. The monoisotopic (exact) mass is 536 g/mol. The Balaban J connectivity index is 0.00000300. The van der Waals surface area contributed by atoms with Crippen LogP contribution < -0.4 is 10.6 Å². The molecule has 166 valence electrons. The summed E-state index contributed by atoms with van der Waals surface area (Å²) in [4.78, 5) is 8.78. The molecule has 0 bridgehead atoms. The van der Waals surface area contributed by atoms with Crippen molar-refractivity contribution in [3.05, 3.63) is 22.4 Å². The fourth-order valence-electron chi connectivity index (χ4n) is 3.86. The number of ether oxygens (including phenoxy) is 2. The Bertz CT molecular complexity index is 561. The molecule has 1 atom stereocenters. The van der Waals surface area contributed by atoms with Crippen molar-refractivity contribution in [2.45, 2.75) is 51.2 Å². The lowest BCUT2D eigenvalue weighted by atomic mass is 10.2. The Kier molecular flexibility index (Phi) is 12.5. The lowest BCUT2D eigenvalue weighted by Gasteiger charge is -2.33. The number of morpholine rings is 1. The zero-order valence-corrected chi connectivity index (χ0v) is 20.8. The van der Waals surface area contributed by atoms with E-state index in [0.29, 0.717) is 12.1 Å². The first-order chi connectivity index (χ1) is 13.9. The van der Waals surface area contributed by atoms with E-state index in [1.807, 2.05) is 11.3 Å². The first-order valence-electron chi connectivity index (χ1n) is 10.9. The molecule has 1 unspecified atom stereocenters. The predicted octanol–water partition coefficient (Wildman–Crippen LogP) is 3.64. The molecule has 1 saturated heterocycles. The van der Waals surface area contributed by atoms with Gasteiger partial charge in [0.25, 0.3) is 0 Å². The number of guanidine groups is 1. The van der Waals surface area contributed by atoms with Gasteiger partial charge in [0.1, 0.15) is 0 Å². The molecule has 3 rings (SSSR count). The highest BCUT2D eigenvalue weighted by Crippen LogP contribution is 2.26. The van der Waals surface area contributed by atoms with Gasteiger partial charge in [-0.15, -0.1) is 35.3 Å². The third-order valence-electron chi connectivity index (χ3n) is 5.39. The van der Waals surface area contributed by atoms with Crippen molar-refractivity contribution in [2.24, 2.45) is 4.99 Å². The van der Waals surface area contributed by atoms with E-state index >= 15 is 0 Å². The number of halogens is 1. The van der Waals surface area contributed by atoms with Crippen molar-refractivity contribution < 1.29 is 9.47 Å². The molecular formula is C21H37IN4O2S. The van der Waals surface area contributed by atoms with Crippen molar-refractivity contribution in [2.75, 3.05) is 52.5 Å². The molecule has 8 heteroatoms. The van der Waals surface area contributed by atoms with Crippen LogP contribution in [0.25, 0.3) is 0 Å². The summed E-state index contributed by atoms with van der Waals surface area (Å²) in [6.07, 6.45) is 6.65. The highest BCUT2D eigenvalue weighted by atomic mass is 127. The predicted molar refractivity (Wildman–Crippen MR) is 132 cm³/mol. The summed E-state index contributed by atoms with van der Waals surface area (Å²) < 4.78 is 11.5. The van der Waals surface area contributed by atoms with Crippen molar-refractivity contribution in [3.63, 3.8) is 0 Å². The molecule has 1 aromatic heterocycles. The largest absolute Gasteiger partial charge is 0.379 e. The van der Waals surface area contributed by atoms with Crippen LogP contribution >= 0.6 is 35.3 Å². The average Bonchev–Trinajstić information content (AvgIpc) is 3.43. The van der Waals surface area contributed by atoms with Crippen molar-refractivity contribution in [3.8, 4) is 0 Å². The van der Waals surface area contributed by atoms with Crippen LogP contribution in [0.1, 0.15) is 49.9 Å². The van der Waals surface area contributed by atoms with Gasteiger partial charge < -0.3 is 20.1 Å². The van der Waals surface area contributed by atoms with Crippen LogP contribution in [-0.2, 0) is 9.47 Å². The van der Waals surface area contributed by atoms with Crippen LogP contribution in [0.2, 0.25) is 0 Å². The van der Waals surface area contributed by atoms with E-state index in [-0.39, 0.29) is 24.0 Å². The summed E-state index contributed by atoms with van der Waals surface area (Å²) in [7, 11) is 0. The highest BCUT2D eigenvalue weighted by Gasteiger charge is 2.23. The van der Waals surface area contributed by atoms with Gasteiger partial charge in [0.05, 0.1) is 31.9 Å². The summed E-state index contributed by atoms with van der Waals surface area (Å²) in [5, 5.41) is 9.00. The summed E-state index contributed by atoms with van der Waals surface area (Å²) in [5.74, 6) is 0.901. The normalized spacial score (nSPS) is 19.7. The number of nitrogens with zero attached hydrogens (tertiary/aromatic N) is 2. The van der Waals surface area contributed by atoms with Gasteiger partial charge in [-0.2, -0.15) is 0 Å². The van der Waals surface area contributed by atoms with Gasteiger partial charge in [-0.25, -0.2) is 0 Å². The van der Waals surface area contributed by atoms with Crippen molar-refractivity contribution in [1.82, 2.24) is 15.5 Å². The Morgan fingerprint density at radius 2 is 2.10 bits per heavy atom. The van der Waals surface area contributed by atoms with Crippen LogP contribution in [0.4, 0.5) is 0 Å². The van der Waals surface area contributed by atoms with Gasteiger partial charge in [0.2, 0.25) is 0 Å². The Morgan fingerprint density at radius 3 is 2.79 bits per heavy atom. The third-order valence-corrected chi connectivity index (χ3v) is 6.37. The molecule has 0 amide bonds. The smallest absolute Gasteiger partial charge is 0.191 e. The Hall–Kier alpha value is -0.420. The van der Waals surface area contributed by atoms with Gasteiger partial charge in [0.15, 0.2) is 5.96 Å². The second-order valence-corrected chi connectivity index (χ2v) is 8.44. The zero-order valence-electron chi connectivity index (χ0n) is 17.6. The fourth-order valence-corrected chi connectivity index (χ4v) is 4.71. The lowest BCUT2D eigenvalue weighted by Crippen LogP contribution is -2.41. The molecule has 2 N–H and O–H groups in total. The molecule has 1 saturated carbocycles. The van der Waals surface area contributed by atoms with E-state index in [9.17, 15) is 0 Å². The molecular weight excluding hydrogens is 499 g/mol. The lowest BCUT2D eigenvalue weighted by molar-refractivity contribution is 0.0186. The molecule has 0 radical (unpaired) electrons. The van der Waals surface area contributed by atoms with Crippen LogP contribution in [0.5, 0.6) is 0 Å². The van der Waals surface area contributed by atoms with Gasteiger partial charge >= 0.3 is 0 Å². The number of rotatable bonds is 10. The summed E-state index contributed by atoms with van der Waals surface area (Å²) in [5.41, 5.74) is 0. The number of aliphatic imine (C=N–C) groups is 1. The number of hydrogen-bond donors (Lipinski definition) is 2. The van der Waals surface area contributed by atoms with Gasteiger partial charge in [0, 0.05) is 37.7 Å². The maximum absolute atomic E-state index is 5.95. The van der Waals surface area contributed by atoms with Crippen molar-refractivity contribution in [1.29, 1.82) is 0 Å². The molecule has 1 aromatic rings. The minimum absolute atomic E-state index is 0. The number of hydrogen-bond acceptors (Lipinski definition) is 5. The van der Waals surface area contributed by atoms with Crippen LogP contribution in [0.3, 0.4) is 0 Å². The van der Waals surface area contributed by atoms with E-state index < -0.39 is 0 Å². The van der Waals surface area contributed by atoms with Gasteiger partial charge in [-0.05, 0) is 37.6 Å². The van der Waals surface area contributed by atoms with Crippen LogP contribution in [0, 0.1) is 0 Å². The van der Waals surface area contributed by atoms with Crippen molar-refractivity contribution >= 4 is 41.3 Å². The van der Waals surface area contributed by atoms with E-state index in [4.69, 9.17) is 14.5 Å². The van der Waals surface area contributed by atoms with E-state index in [0.717, 1.165) is 64.9 Å². The first-order valence-corrected chi connectivity index (χ1v) is 11.7.